The lowest BCUT2D eigenvalue weighted by molar-refractivity contribution is -0.660. The minimum absolute atomic E-state index is 0.497. The summed E-state index contributed by atoms with van der Waals surface area (Å²) in [7, 11) is 1.99. The second-order valence-corrected chi connectivity index (χ2v) is 9.60. The summed E-state index contributed by atoms with van der Waals surface area (Å²) >= 11 is 0. The molecule has 0 aliphatic heterocycles. The zero-order valence-electron chi connectivity index (χ0n) is 21.4. The molecule has 0 radical (unpaired) electrons. The second-order valence-electron chi connectivity index (χ2n) is 9.60. The van der Waals surface area contributed by atoms with Gasteiger partial charge < -0.3 is 4.42 Å². The van der Waals surface area contributed by atoms with Crippen LogP contribution in [0, 0.1) is 12.3 Å². The molecule has 2 aromatic heterocycles. The Morgan fingerprint density at radius 3 is 2.44 bits per heavy atom. The first kappa shape index (κ1) is 18.2. The van der Waals surface area contributed by atoms with Crippen molar-refractivity contribution in [2.45, 2.75) is 34.1 Å². The Bertz CT molecular complexity index is 1540. The fourth-order valence-corrected chi connectivity index (χ4v) is 4.47. The van der Waals surface area contributed by atoms with Crippen molar-refractivity contribution in [3.8, 4) is 22.4 Å². The molecule has 3 aromatic carbocycles. The average Bonchev–Trinajstić information content (AvgIpc) is 3.18. The average molecular weight is 423 g/mol. The number of hydrogen-bond donors (Lipinski definition) is 0. The van der Waals surface area contributed by atoms with Crippen LogP contribution in [0.1, 0.15) is 34.6 Å². The number of aromatic nitrogens is 1. The quantitative estimate of drug-likeness (QED) is 0.273. The number of nitrogens with zero attached hydrogens (tertiary/aromatic N) is 1. The molecule has 0 atom stereocenters. The molecule has 0 saturated carbocycles. The molecule has 2 heteroatoms. The van der Waals surface area contributed by atoms with Gasteiger partial charge in [-0.1, -0.05) is 63.2 Å². The van der Waals surface area contributed by atoms with Crippen molar-refractivity contribution in [3.05, 3.63) is 90.1 Å². The van der Waals surface area contributed by atoms with Crippen molar-refractivity contribution >= 4 is 21.9 Å². The Hall–Kier alpha value is -3.39. The third-order valence-corrected chi connectivity index (χ3v) is 5.88. The van der Waals surface area contributed by atoms with E-state index in [1.165, 1.54) is 5.56 Å². The van der Waals surface area contributed by atoms with Crippen molar-refractivity contribution < 1.29 is 11.7 Å². The standard InChI is InChI=1S/C30H30NO/c1-20-13-15-22(17-25(20)26-16-14-21(19-31(26)5)18-30(2,3)4)23-10-8-12-28-29(23)24-9-6-7-11-27(24)32-28/h6-17,19H,18H2,1-5H3/q+1/i18D2. The molecule has 0 bridgehead atoms. The lowest BCUT2D eigenvalue weighted by Crippen LogP contribution is -2.32. The van der Waals surface area contributed by atoms with Crippen LogP contribution < -0.4 is 4.57 Å². The maximum absolute atomic E-state index is 8.65. The van der Waals surface area contributed by atoms with Crippen LogP contribution in [0.25, 0.3) is 44.3 Å². The molecule has 5 aromatic rings. The second kappa shape index (κ2) is 7.63. The molecule has 0 aliphatic rings. The Morgan fingerprint density at radius 1 is 0.875 bits per heavy atom. The Balaban J connectivity index is 1.66. The highest BCUT2D eigenvalue weighted by atomic mass is 16.3. The van der Waals surface area contributed by atoms with Crippen LogP contribution >= 0.6 is 0 Å². The van der Waals surface area contributed by atoms with E-state index in [0.29, 0.717) is 5.56 Å². The van der Waals surface area contributed by atoms with E-state index >= 15 is 0 Å². The zero-order chi connectivity index (χ0) is 24.3. The van der Waals surface area contributed by atoms with Gasteiger partial charge in [0, 0.05) is 30.7 Å². The van der Waals surface area contributed by atoms with E-state index in [2.05, 4.69) is 37.3 Å². The van der Waals surface area contributed by atoms with Gasteiger partial charge in [0.25, 0.3) is 0 Å². The van der Waals surface area contributed by atoms with Gasteiger partial charge in [0.2, 0.25) is 5.69 Å². The molecular formula is C30H30NO+. The fourth-order valence-electron chi connectivity index (χ4n) is 4.47. The third-order valence-electron chi connectivity index (χ3n) is 5.88. The summed E-state index contributed by atoms with van der Waals surface area (Å²) in [5, 5.41) is 2.25. The van der Waals surface area contributed by atoms with Gasteiger partial charge in [0.05, 0.1) is 0 Å². The largest absolute Gasteiger partial charge is 0.456 e. The molecular weight excluding hydrogens is 390 g/mol. The molecule has 0 amide bonds. The van der Waals surface area contributed by atoms with Crippen LogP contribution in [0.5, 0.6) is 0 Å². The predicted molar refractivity (Wildman–Crippen MR) is 134 cm³/mol. The fraction of sp³-hybridized carbons (Fsp3) is 0.233. The van der Waals surface area contributed by atoms with Gasteiger partial charge in [-0.2, -0.15) is 0 Å². The molecule has 0 spiro atoms. The summed E-state index contributed by atoms with van der Waals surface area (Å²) in [6, 6.07) is 24.9. The SMILES string of the molecule is [2H]C([2H])(c1ccc(-c2cc(-c3cccc4oc5ccccc5c34)ccc2C)[n+](C)c1)C(C)(C)C. The van der Waals surface area contributed by atoms with E-state index < -0.39 is 11.8 Å². The summed E-state index contributed by atoms with van der Waals surface area (Å²) < 4.78 is 25.4. The maximum Gasteiger partial charge on any atom is 0.212 e. The summed E-state index contributed by atoms with van der Waals surface area (Å²) in [6.07, 6.45) is 0.495. The van der Waals surface area contributed by atoms with Gasteiger partial charge in [-0.05, 0) is 59.7 Å². The van der Waals surface area contributed by atoms with E-state index in [4.69, 9.17) is 7.16 Å². The van der Waals surface area contributed by atoms with Crippen molar-refractivity contribution in [2.24, 2.45) is 12.5 Å². The van der Waals surface area contributed by atoms with Gasteiger partial charge in [0.15, 0.2) is 6.20 Å². The van der Waals surface area contributed by atoms with Crippen LogP contribution in [0.2, 0.25) is 0 Å². The number of hydrogen-bond acceptors (Lipinski definition) is 1. The van der Waals surface area contributed by atoms with E-state index in [1.807, 2.05) is 81.0 Å². The smallest absolute Gasteiger partial charge is 0.212 e. The van der Waals surface area contributed by atoms with Crippen LogP contribution in [0.15, 0.2) is 83.4 Å². The predicted octanol–water partition coefficient (Wildman–Crippen LogP) is 7.64. The number of rotatable bonds is 3. The van der Waals surface area contributed by atoms with Crippen LogP contribution in [-0.2, 0) is 13.4 Å². The lowest BCUT2D eigenvalue weighted by atomic mass is 9.88. The molecule has 0 aliphatic carbocycles. The minimum Gasteiger partial charge on any atom is -0.456 e. The monoisotopic (exact) mass is 422 g/mol. The van der Waals surface area contributed by atoms with Gasteiger partial charge in [0.1, 0.15) is 18.2 Å². The highest BCUT2D eigenvalue weighted by molar-refractivity contribution is 6.12. The van der Waals surface area contributed by atoms with Gasteiger partial charge >= 0.3 is 0 Å². The molecule has 0 saturated heterocycles. The molecule has 0 fully saturated rings. The topological polar surface area (TPSA) is 17.0 Å². The Morgan fingerprint density at radius 2 is 1.66 bits per heavy atom. The highest BCUT2D eigenvalue weighted by Crippen LogP contribution is 2.38. The summed E-state index contributed by atoms with van der Waals surface area (Å²) in [5.41, 5.74) is 7.62. The Labute approximate surface area is 192 Å². The van der Waals surface area contributed by atoms with E-state index in [1.54, 1.807) is 0 Å². The number of furan rings is 1. The number of fused-ring (bicyclic) bond motifs is 3. The first-order valence-corrected chi connectivity index (χ1v) is 11.1. The number of para-hydroxylation sites is 1. The highest BCUT2D eigenvalue weighted by Gasteiger charge is 2.19. The van der Waals surface area contributed by atoms with Gasteiger partial charge in [-0.3, -0.25) is 0 Å². The number of benzene rings is 3. The third kappa shape index (κ3) is 3.71. The van der Waals surface area contributed by atoms with Gasteiger partial charge in [-0.15, -0.1) is 0 Å². The van der Waals surface area contributed by atoms with E-state index in [-0.39, 0.29) is 0 Å². The number of pyridine rings is 1. The molecule has 0 N–H and O–H groups in total. The molecule has 0 unspecified atom stereocenters. The number of aryl methyl sites for hydroxylation is 2. The summed E-state index contributed by atoms with van der Waals surface area (Å²) in [4.78, 5) is 0. The molecule has 5 rings (SSSR count). The molecule has 2 nitrogen and oxygen atoms in total. The van der Waals surface area contributed by atoms with Crippen LogP contribution in [0.3, 0.4) is 0 Å². The van der Waals surface area contributed by atoms with Crippen LogP contribution in [0.4, 0.5) is 0 Å². The molecule has 160 valence electrons. The van der Waals surface area contributed by atoms with Crippen molar-refractivity contribution in [1.29, 1.82) is 0 Å². The summed E-state index contributed by atoms with van der Waals surface area (Å²) in [6.45, 7) is 7.94. The van der Waals surface area contributed by atoms with E-state index in [0.717, 1.165) is 44.3 Å². The zero-order valence-corrected chi connectivity index (χ0v) is 19.4. The summed E-state index contributed by atoms with van der Waals surface area (Å²) in [5.74, 6) is 0. The van der Waals surface area contributed by atoms with E-state index in [9.17, 15) is 0 Å². The van der Waals surface area contributed by atoms with Crippen LogP contribution in [-0.4, -0.2) is 0 Å². The first-order chi connectivity index (χ1) is 16.1. The molecule has 2 heterocycles. The Kier molecular flexibility index (Phi) is 4.34. The minimum atomic E-state index is -1.43. The van der Waals surface area contributed by atoms with Crippen molar-refractivity contribution in [3.63, 3.8) is 0 Å². The molecule has 32 heavy (non-hydrogen) atoms. The van der Waals surface area contributed by atoms with Crippen molar-refractivity contribution in [1.82, 2.24) is 0 Å². The first-order valence-electron chi connectivity index (χ1n) is 12.1. The lowest BCUT2D eigenvalue weighted by Gasteiger charge is -2.17. The van der Waals surface area contributed by atoms with Crippen molar-refractivity contribution in [2.75, 3.05) is 0 Å². The maximum atomic E-state index is 8.65. The van der Waals surface area contributed by atoms with Gasteiger partial charge in [-0.25, -0.2) is 4.57 Å². The normalized spacial score (nSPS) is 13.4.